The summed E-state index contributed by atoms with van der Waals surface area (Å²) in [6.07, 6.45) is 9.67. The van der Waals surface area contributed by atoms with Crippen LogP contribution in [0.25, 0.3) is 6.08 Å². The third kappa shape index (κ3) is 5.57. The minimum Gasteiger partial charge on any atom is -0.454 e. The van der Waals surface area contributed by atoms with E-state index < -0.39 is 0 Å². The molecule has 1 saturated heterocycles. The number of carbonyl (C=O) groups is 2. The van der Waals surface area contributed by atoms with Gasteiger partial charge in [-0.1, -0.05) is 18.2 Å². The molecule has 1 aliphatic rings. The molecular weight excluding hydrogens is 404 g/mol. The molecule has 1 N–H and O–H groups in total. The fourth-order valence-electron chi connectivity index (χ4n) is 3.56. The lowest BCUT2D eigenvalue weighted by Crippen LogP contribution is -2.43. The number of amides is 2. The first-order chi connectivity index (χ1) is 15.7. The minimum atomic E-state index is -0.289. The molecule has 7 nitrogen and oxygen atoms in total. The van der Waals surface area contributed by atoms with E-state index in [1.807, 2.05) is 30.3 Å². The van der Waals surface area contributed by atoms with Crippen molar-refractivity contribution in [3.8, 4) is 11.5 Å². The Labute approximate surface area is 186 Å². The van der Waals surface area contributed by atoms with Gasteiger partial charge in [0.15, 0.2) is 5.75 Å². The lowest BCUT2D eigenvalue weighted by atomic mass is 9.97. The number of carbonyl (C=O) groups excluding carboxylic acids is 2. The van der Waals surface area contributed by atoms with Gasteiger partial charge in [0.25, 0.3) is 0 Å². The number of anilines is 1. The Hall–Kier alpha value is -4.00. The molecule has 3 aromatic rings. The van der Waals surface area contributed by atoms with Gasteiger partial charge in [-0.2, -0.15) is 0 Å². The second-order valence-electron chi connectivity index (χ2n) is 7.49. The number of benzene rings is 1. The van der Waals surface area contributed by atoms with E-state index in [-0.39, 0.29) is 17.7 Å². The fourth-order valence-corrected chi connectivity index (χ4v) is 3.56. The number of aromatic nitrogens is 2. The van der Waals surface area contributed by atoms with Gasteiger partial charge in [0, 0.05) is 31.6 Å². The Morgan fingerprint density at radius 2 is 1.94 bits per heavy atom. The number of hydrogen-bond donors (Lipinski definition) is 1. The number of rotatable bonds is 6. The zero-order chi connectivity index (χ0) is 22.2. The van der Waals surface area contributed by atoms with Gasteiger partial charge in [-0.15, -0.1) is 0 Å². The summed E-state index contributed by atoms with van der Waals surface area (Å²) in [5.41, 5.74) is 1.30. The van der Waals surface area contributed by atoms with Crippen molar-refractivity contribution in [2.24, 2.45) is 5.92 Å². The highest BCUT2D eigenvalue weighted by atomic mass is 16.5. The first kappa shape index (κ1) is 21.2. The highest BCUT2D eigenvalue weighted by Gasteiger charge is 2.28. The van der Waals surface area contributed by atoms with Crippen LogP contribution in [0.5, 0.6) is 11.5 Å². The molecule has 0 aliphatic carbocycles. The van der Waals surface area contributed by atoms with Crippen LogP contribution in [0.15, 0.2) is 79.3 Å². The quantitative estimate of drug-likeness (QED) is 0.596. The average molecular weight is 428 g/mol. The smallest absolute Gasteiger partial charge is 0.246 e. The summed E-state index contributed by atoms with van der Waals surface area (Å²) in [4.78, 5) is 35.5. The number of likely N-dealkylation sites (tertiary alicyclic amines) is 1. The Bertz CT molecular complexity index is 1090. The molecule has 0 unspecified atom stereocenters. The summed E-state index contributed by atoms with van der Waals surface area (Å²) in [7, 11) is 0. The van der Waals surface area contributed by atoms with Gasteiger partial charge in [0.1, 0.15) is 5.75 Å². The molecule has 162 valence electrons. The van der Waals surface area contributed by atoms with Crippen LogP contribution in [0.1, 0.15) is 18.5 Å². The maximum absolute atomic E-state index is 13.0. The molecule has 7 heteroatoms. The van der Waals surface area contributed by atoms with Crippen LogP contribution in [-0.2, 0) is 9.59 Å². The van der Waals surface area contributed by atoms with E-state index in [2.05, 4.69) is 15.3 Å². The van der Waals surface area contributed by atoms with E-state index in [4.69, 9.17) is 4.74 Å². The lowest BCUT2D eigenvalue weighted by Gasteiger charge is -2.31. The first-order valence-electron chi connectivity index (χ1n) is 10.5. The highest BCUT2D eigenvalue weighted by molar-refractivity contribution is 5.95. The molecule has 0 saturated carbocycles. The summed E-state index contributed by atoms with van der Waals surface area (Å²) in [5, 5.41) is 2.97. The SMILES string of the molecule is O=C(Nc1ccccc1Oc1cccnc1)[C@H]1CCCN(C(=O)/C=C/c2ccccn2)C1. The fraction of sp³-hybridized carbons (Fsp3) is 0.200. The number of para-hydroxylation sites is 2. The van der Waals surface area contributed by atoms with Crippen molar-refractivity contribution in [1.29, 1.82) is 0 Å². The van der Waals surface area contributed by atoms with Gasteiger partial charge in [-0.05, 0) is 55.3 Å². The van der Waals surface area contributed by atoms with Crippen molar-refractivity contribution < 1.29 is 14.3 Å². The second-order valence-corrected chi connectivity index (χ2v) is 7.49. The van der Waals surface area contributed by atoms with Crippen molar-refractivity contribution in [2.45, 2.75) is 12.8 Å². The zero-order valence-corrected chi connectivity index (χ0v) is 17.6. The normalized spacial score (nSPS) is 16.0. The maximum Gasteiger partial charge on any atom is 0.246 e. The number of pyridine rings is 2. The highest BCUT2D eigenvalue weighted by Crippen LogP contribution is 2.30. The summed E-state index contributed by atoms with van der Waals surface area (Å²) in [6, 6.07) is 16.4. The molecular formula is C25H24N4O3. The van der Waals surface area contributed by atoms with Crippen LogP contribution in [-0.4, -0.2) is 39.8 Å². The number of hydrogen-bond acceptors (Lipinski definition) is 5. The second kappa shape index (κ2) is 10.3. The largest absolute Gasteiger partial charge is 0.454 e. The standard InChI is InChI=1S/C25H24N4O3/c30-24(13-12-20-8-3-4-15-27-20)29-16-6-7-19(18-29)25(31)28-22-10-1-2-11-23(22)32-21-9-5-14-26-17-21/h1-5,8-15,17,19H,6-7,16,18H2,(H,28,31)/b13-12+/t19-/m0/s1. The summed E-state index contributed by atoms with van der Waals surface area (Å²) < 4.78 is 5.87. The molecule has 4 rings (SSSR count). The van der Waals surface area contributed by atoms with Crippen molar-refractivity contribution in [1.82, 2.24) is 14.9 Å². The predicted octanol–water partition coefficient (Wildman–Crippen LogP) is 4.16. The minimum absolute atomic E-state index is 0.117. The maximum atomic E-state index is 13.0. The van der Waals surface area contributed by atoms with E-state index >= 15 is 0 Å². The van der Waals surface area contributed by atoms with Gasteiger partial charge < -0.3 is 15.0 Å². The molecule has 32 heavy (non-hydrogen) atoms. The summed E-state index contributed by atoms with van der Waals surface area (Å²) in [6.45, 7) is 1.01. The molecule has 2 aromatic heterocycles. The van der Waals surface area contributed by atoms with Crippen LogP contribution < -0.4 is 10.1 Å². The van der Waals surface area contributed by atoms with Gasteiger partial charge >= 0.3 is 0 Å². The van der Waals surface area contributed by atoms with Crippen LogP contribution >= 0.6 is 0 Å². The van der Waals surface area contributed by atoms with Crippen LogP contribution in [0.3, 0.4) is 0 Å². The van der Waals surface area contributed by atoms with Crippen LogP contribution in [0.2, 0.25) is 0 Å². The van der Waals surface area contributed by atoms with Gasteiger partial charge in [0.2, 0.25) is 11.8 Å². The number of ether oxygens (including phenoxy) is 1. The summed E-state index contributed by atoms with van der Waals surface area (Å²) in [5.74, 6) is 0.591. The van der Waals surface area contributed by atoms with Gasteiger partial charge in [-0.3, -0.25) is 19.6 Å². The Morgan fingerprint density at radius 1 is 1.06 bits per heavy atom. The predicted molar refractivity (Wildman–Crippen MR) is 122 cm³/mol. The molecule has 1 aromatic carbocycles. The molecule has 2 amide bonds. The lowest BCUT2D eigenvalue weighted by molar-refractivity contribution is -0.130. The Balaban J connectivity index is 1.39. The van der Waals surface area contributed by atoms with Crippen molar-refractivity contribution >= 4 is 23.6 Å². The summed E-state index contributed by atoms with van der Waals surface area (Å²) >= 11 is 0. The van der Waals surface area contributed by atoms with Crippen molar-refractivity contribution in [3.05, 3.63) is 85.0 Å². The van der Waals surface area contributed by atoms with E-state index in [0.717, 1.165) is 18.5 Å². The Morgan fingerprint density at radius 3 is 2.75 bits per heavy atom. The average Bonchev–Trinajstić information content (AvgIpc) is 2.85. The molecule has 0 radical (unpaired) electrons. The zero-order valence-electron chi connectivity index (χ0n) is 17.6. The number of nitrogens with one attached hydrogen (secondary N) is 1. The Kier molecular flexibility index (Phi) is 6.87. The van der Waals surface area contributed by atoms with Crippen LogP contribution in [0, 0.1) is 5.92 Å². The van der Waals surface area contributed by atoms with E-state index in [0.29, 0.717) is 30.3 Å². The monoisotopic (exact) mass is 428 g/mol. The van der Waals surface area contributed by atoms with Crippen LogP contribution in [0.4, 0.5) is 5.69 Å². The number of nitrogens with zero attached hydrogens (tertiary/aromatic N) is 3. The molecule has 1 fully saturated rings. The van der Waals surface area contributed by atoms with E-state index in [9.17, 15) is 9.59 Å². The first-order valence-corrected chi connectivity index (χ1v) is 10.5. The van der Waals surface area contributed by atoms with E-state index in [1.54, 1.807) is 53.8 Å². The van der Waals surface area contributed by atoms with Gasteiger partial charge in [0.05, 0.1) is 23.5 Å². The third-order valence-corrected chi connectivity index (χ3v) is 5.20. The van der Waals surface area contributed by atoms with Gasteiger partial charge in [-0.25, -0.2) is 0 Å². The molecule has 0 spiro atoms. The molecule has 1 aliphatic heterocycles. The third-order valence-electron chi connectivity index (χ3n) is 5.20. The van der Waals surface area contributed by atoms with E-state index in [1.165, 1.54) is 6.08 Å². The molecule has 1 atom stereocenters. The molecule has 0 bridgehead atoms. The number of piperidine rings is 1. The van der Waals surface area contributed by atoms with Crippen molar-refractivity contribution in [2.75, 3.05) is 18.4 Å². The topological polar surface area (TPSA) is 84.4 Å². The van der Waals surface area contributed by atoms with Crippen molar-refractivity contribution in [3.63, 3.8) is 0 Å². The molecule has 3 heterocycles.